The first-order valence-electron chi connectivity index (χ1n) is 14.0. The quantitative estimate of drug-likeness (QED) is 0.531. The van der Waals surface area contributed by atoms with Crippen LogP contribution in [-0.4, -0.2) is 36.3 Å². The van der Waals surface area contributed by atoms with Gasteiger partial charge in [0, 0.05) is 43.3 Å². The minimum Gasteiger partial charge on any atom is -0.385 e. The van der Waals surface area contributed by atoms with Crippen LogP contribution < -0.4 is 10.6 Å². The molecule has 4 fully saturated rings. The number of carbonyl (C=O) groups excluding carboxylic acids is 2. The van der Waals surface area contributed by atoms with Gasteiger partial charge >= 0.3 is 0 Å². The summed E-state index contributed by atoms with van der Waals surface area (Å²) < 4.78 is 0. The van der Waals surface area contributed by atoms with Gasteiger partial charge in [-0.3, -0.25) is 9.59 Å². The van der Waals surface area contributed by atoms with Gasteiger partial charge in [0.05, 0.1) is 0 Å². The number of benzene rings is 1. The van der Waals surface area contributed by atoms with E-state index in [0.717, 1.165) is 43.6 Å². The van der Waals surface area contributed by atoms with E-state index in [9.17, 15) is 9.59 Å². The van der Waals surface area contributed by atoms with Crippen molar-refractivity contribution in [1.29, 1.82) is 0 Å². The van der Waals surface area contributed by atoms with Crippen LogP contribution in [0.4, 0.5) is 11.4 Å². The SMILES string of the molecule is CC(C)CNc1ccc(NC(=O)C2CC[C@H]3[C@@H]4CCC5N(C)C(=O)CC[C@]5(C)[C@@H]4CC[C@]23C)cc1. The lowest BCUT2D eigenvalue weighted by Gasteiger charge is -2.61. The molecule has 0 spiro atoms. The van der Waals surface area contributed by atoms with Crippen LogP contribution in [0.5, 0.6) is 0 Å². The van der Waals surface area contributed by atoms with Crippen molar-refractivity contribution < 1.29 is 9.59 Å². The summed E-state index contributed by atoms with van der Waals surface area (Å²) in [5.41, 5.74) is 2.32. The molecule has 0 aromatic heterocycles. The molecule has 2 amide bonds. The Bertz CT molecular complexity index is 959. The van der Waals surface area contributed by atoms with E-state index in [0.29, 0.717) is 42.0 Å². The molecule has 4 aliphatic rings. The first kappa shape index (κ1) is 24.6. The highest BCUT2D eigenvalue weighted by Crippen LogP contribution is 2.66. The molecule has 0 radical (unpaired) electrons. The Hall–Kier alpha value is -2.04. The summed E-state index contributed by atoms with van der Waals surface area (Å²) >= 11 is 0. The van der Waals surface area contributed by atoms with Gasteiger partial charge in [-0.05, 0) is 104 Å². The maximum atomic E-state index is 13.5. The van der Waals surface area contributed by atoms with Gasteiger partial charge < -0.3 is 15.5 Å². The van der Waals surface area contributed by atoms with E-state index in [1.807, 2.05) is 19.2 Å². The zero-order chi connectivity index (χ0) is 25.0. The molecule has 0 bridgehead atoms. The van der Waals surface area contributed by atoms with Crippen LogP contribution in [0.3, 0.4) is 0 Å². The van der Waals surface area contributed by atoms with Gasteiger partial charge in [-0.15, -0.1) is 0 Å². The molecule has 7 atom stereocenters. The minimum atomic E-state index is 0.0869. The van der Waals surface area contributed by atoms with Crippen molar-refractivity contribution in [2.45, 2.75) is 85.1 Å². The highest BCUT2D eigenvalue weighted by atomic mass is 16.2. The van der Waals surface area contributed by atoms with E-state index >= 15 is 0 Å². The zero-order valence-corrected chi connectivity index (χ0v) is 22.4. The summed E-state index contributed by atoms with van der Waals surface area (Å²) in [6.45, 7) is 10.2. The van der Waals surface area contributed by atoms with Crippen LogP contribution in [0.25, 0.3) is 0 Å². The van der Waals surface area contributed by atoms with E-state index < -0.39 is 0 Å². The molecule has 3 saturated carbocycles. The van der Waals surface area contributed by atoms with Crippen molar-refractivity contribution in [2.24, 2.45) is 40.4 Å². The lowest BCUT2D eigenvalue weighted by atomic mass is 9.47. The summed E-state index contributed by atoms with van der Waals surface area (Å²) in [4.78, 5) is 28.0. The second kappa shape index (κ2) is 9.12. The molecule has 5 rings (SSSR count). The largest absolute Gasteiger partial charge is 0.385 e. The van der Waals surface area contributed by atoms with Crippen LogP contribution in [0.2, 0.25) is 0 Å². The minimum absolute atomic E-state index is 0.0869. The van der Waals surface area contributed by atoms with Gasteiger partial charge in [-0.25, -0.2) is 0 Å². The number of likely N-dealkylation sites (tertiary alicyclic amines) is 1. The predicted octanol–water partition coefficient (Wildman–Crippen LogP) is 6.17. The van der Waals surface area contributed by atoms with Gasteiger partial charge in [0.25, 0.3) is 0 Å². The number of nitrogens with one attached hydrogen (secondary N) is 2. The third kappa shape index (κ3) is 4.17. The fourth-order valence-corrected chi connectivity index (χ4v) is 8.80. The summed E-state index contributed by atoms with van der Waals surface area (Å²) in [6, 6.07) is 8.57. The Morgan fingerprint density at radius 1 is 0.971 bits per heavy atom. The maximum Gasteiger partial charge on any atom is 0.228 e. The van der Waals surface area contributed by atoms with E-state index in [2.05, 4.69) is 55.4 Å². The van der Waals surface area contributed by atoms with Crippen molar-refractivity contribution in [2.75, 3.05) is 24.2 Å². The highest BCUT2D eigenvalue weighted by molar-refractivity contribution is 5.93. The van der Waals surface area contributed by atoms with E-state index in [1.54, 1.807) is 0 Å². The molecule has 5 nitrogen and oxygen atoms in total. The number of rotatable bonds is 5. The van der Waals surface area contributed by atoms with E-state index in [-0.39, 0.29) is 22.7 Å². The number of amides is 2. The van der Waals surface area contributed by atoms with Crippen molar-refractivity contribution >= 4 is 23.2 Å². The molecule has 5 heteroatoms. The molecule has 1 aromatic carbocycles. The van der Waals surface area contributed by atoms with E-state index in [4.69, 9.17) is 0 Å². The molecule has 2 N–H and O–H groups in total. The number of carbonyl (C=O) groups is 2. The van der Waals surface area contributed by atoms with Crippen LogP contribution in [0, 0.1) is 40.4 Å². The Labute approximate surface area is 211 Å². The second-order valence-electron chi connectivity index (χ2n) is 13.0. The summed E-state index contributed by atoms with van der Waals surface area (Å²) in [5, 5.41) is 6.70. The number of nitrogens with zero attached hydrogens (tertiary/aromatic N) is 1. The second-order valence-corrected chi connectivity index (χ2v) is 13.0. The third-order valence-electron chi connectivity index (χ3n) is 10.7. The normalized spacial score (nSPS) is 38.5. The van der Waals surface area contributed by atoms with E-state index in [1.165, 1.54) is 19.3 Å². The molecular weight excluding hydrogens is 434 g/mol. The number of anilines is 2. The zero-order valence-electron chi connectivity index (χ0n) is 22.4. The molecule has 1 aliphatic heterocycles. The summed E-state index contributed by atoms with van der Waals surface area (Å²) in [5.74, 6) is 3.23. The molecular formula is C30H45N3O2. The smallest absolute Gasteiger partial charge is 0.228 e. The fourth-order valence-electron chi connectivity index (χ4n) is 8.80. The van der Waals surface area contributed by atoms with Gasteiger partial charge in [0.15, 0.2) is 0 Å². The number of hydrogen-bond acceptors (Lipinski definition) is 3. The monoisotopic (exact) mass is 479 g/mol. The average Bonchev–Trinajstić information content (AvgIpc) is 3.18. The number of piperidine rings is 1. The Morgan fingerprint density at radius 2 is 1.66 bits per heavy atom. The predicted molar refractivity (Wildman–Crippen MR) is 142 cm³/mol. The van der Waals surface area contributed by atoms with Gasteiger partial charge in [-0.1, -0.05) is 27.7 Å². The lowest BCUT2D eigenvalue weighted by Crippen LogP contribution is -2.61. The molecule has 2 unspecified atom stereocenters. The van der Waals surface area contributed by atoms with Crippen molar-refractivity contribution in [1.82, 2.24) is 4.90 Å². The number of hydrogen-bond donors (Lipinski definition) is 2. The molecule has 192 valence electrons. The van der Waals surface area contributed by atoms with Crippen molar-refractivity contribution in [3.63, 3.8) is 0 Å². The Balaban J connectivity index is 1.27. The van der Waals surface area contributed by atoms with Crippen molar-refractivity contribution in [3.05, 3.63) is 24.3 Å². The molecule has 1 aromatic rings. The third-order valence-corrected chi connectivity index (χ3v) is 10.7. The molecule has 3 aliphatic carbocycles. The van der Waals surface area contributed by atoms with Crippen LogP contribution in [-0.2, 0) is 9.59 Å². The summed E-state index contributed by atoms with van der Waals surface area (Å²) in [7, 11) is 2.03. The summed E-state index contributed by atoms with van der Waals surface area (Å²) in [6.07, 6.45) is 8.58. The van der Waals surface area contributed by atoms with Crippen LogP contribution >= 0.6 is 0 Å². The maximum absolute atomic E-state index is 13.5. The Morgan fingerprint density at radius 3 is 2.37 bits per heavy atom. The van der Waals surface area contributed by atoms with Crippen LogP contribution in [0.15, 0.2) is 24.3 Å². The molecule has 35 heavy (non-hydrogen) atoms. The first-order chi connectivity index (χ1) is 16.6. The first-order valence-corrected chi connectivity index (χ1v) is 14.0. The molecule has 1 saturated heterocycles. The number of fused-ring (bicyclic) bond motifs is 5. The Kier molecular flexibility index (Phi) is 6.42. The lowest BCUT2D eigenvalue weighted by molar-refractivity contribution is -0.159. The van der Waals surface area contributed by atoms with Gasteiger partial charge in [-0.2, -0.15) is 0 Å². The topological polar surface area (TPSA) is 61.4 Å². The van der Waals surface area contributed by atoms with Gasteiger partial charge in [0.1, 0.15) is 0 Å². The fraction of sp³-hybridized carbons (Fsp3) is 0.733. The average molecular weight is 480 g/mol. The van der Waals surface area contributed by atoms with Gasteiger partial charge in [0.2, 0.25) is 11.8 Å². The highest BCUT2D eigenvalue weighted by Gasteiger charge is 2.62. The standard InChI is InChI=1S/C30H45N3O2/c1-19(2)18-31-20-6-8-21(9-7-20)32-28(35)25-12-11-23-22-10-13-26-30(4,17-15-27(34)33(26)5)24(22)14-16-29(23,25)3/h6-9,19,22-26,31H,10-18H2,1-5H3,(H,32,35)/t22-,23-,24+,25?,26?,29-,30+/m0/s1. The van der Waals surface area contributed by atoms with Crippen LogP contribution in [0.1, 0.15) is 79.1 Å². The van der Waals surface area contributed by atoms with Crippen molar-refractivity contribution in [3.8, 4) is 0 Å². The molecule has 1 heterocycles.